The zero-order valence-electron chi connectivity index (χ0n) is 9.81. The van der Waals surface area contributed by atoms with E-state index in [1.54, 1.807) is 12.1 Å². The van der Waals surface area contributed by atoms with Gasteiger partial charge >= 0.3 is 0 Å². The van der Waals surface area contributed by atoms with Gasteiger partial charge in [-0.25, -0.2) is 0 Å². The van der Waals surface area contributed by atoms with Crippen LogP contribution in [-0.2, 0) is 6.42 Å². The van der Waals surface area contributed by atoms with Crippen molar-refractivity contribution in [1.29, 1.82) is 0 Å². The summed E-state index contributed by atoms with van der Waals surface area (Å²) < 4.78 is 0. The Kier molecular flexibility index (Phi) is 3.24. The Bertz CT molecular complexity index is 529. The predicted molar refractivity (Wildman–Crippen MR) is 69.8 cm³/mol. The van der Waals surface area contributed by atoms with Crippen molar-refractivity contribution in [3.05, 3.63) is 59.7 Å². The Hall–Kier alpha value is -2.09. The van der Waals surface area contributed by atoms with Gasteiger partial charge in [-0.2, -0.15) is 0 Å². The van der Waals surface area contributed by atoms with E-state index in [4.69, 9.17) is 5.73 Å². The first-order chi connectivity index (χ1) is 8.22. The third kappa shape index (κ3) is 2.36. The molecular weight excluding hydrogens is 210 g/mol. The Morgan fingerprint density at radius 2 is 1.71 bits per heavy atom. The van der Waals surface area contributed by atoms with Crippen LogP contribution in [-0.4, -0.2) is 5.91 Å². The Morgan fingerprint density at radius 1 is 1.06 bits per heavy atom. The second-order valence-corrected chi connectivity index (χ2v) is 3.95. The molecule has 0 bridgehead atoms. The standard InChI is InChI=1S/C15H15NO/c1-2-11-5-3-4-6-14(11)12-7-9-13(10-8-12)15(16)17/h3-10H,2H2,1H3,(H2,16,17). The number of hydrogen-bond acceptors (Lipinski definition) is 1. The monoisotopic (exact) mass is 225 g/mol. The van der Waals surface area contributed by atoms with E-state index in [0.717, 1.165) is 12.0 Å². The fourth-order valence-corrected chi connectivity index (χ4v) is 1.92. The zero-order valence-corrected chi connectivity index (χ0v) is 9.81. The molecule has 0 unspecified atom stereocenters. The third-order valence-electron chi connectivity index (χ3n) is 2.88. The van der Waals surface area contributed by atoms with Crippen LogP contribution in [0.3, 0.4) is 0 Å². The third-order valence-corrected chi connectivity index (χ3v) is 2.88. The number of nitrogens with two attached hydrogens (primary N) is 1. The molecule has 2 heteroatoms. The summed E-state index contributed by atoms with van der Waals surface area (Å²) in [7, 11) is 0. The maximum Gasteiger partial charge on any atom is 0.248 e. The lowest BCUT2D eigenvalue weighted by molar-refractivity contribution is 0.100. The van der Waals surface area contributed by atoms with Crippen molar-refractivity contribution >= 4 is 5.91 Å². The Balaban J connectivity index is 2.43. The smallest absolute Gasteiger partial charge is 0.248 e. The molecule has 2 aromatic carbocycles. The molecule has 0 saturated heterocycles. The average Bonchev–Trinajstić information content (AvgIpc) is 2.39. The second kappa shape index (κ2) is 4.83. The maximum absolute atomic E-state index is 11.0. The molecule has 2 rings (SSSR count). The van der Waals surface area contributed by atoms with Crippen molar-refractivity contribution < 1.29 is 4.79 Å². The van der Waals surface area contributed by atoms with E-state index in [1.165, 1.54) is 11.1 Å². The van der Waals surface area contributed by atoms with Gasteiger partial charge in [0.15, 0.2) is 0 Å². The van der Waals surface area contributed by atoms with Crippen LogP contribution in [0, 0.1) is 0 Å². The number of rotatable bonds is 3. The summed E-state index contributed by atoms with van der Waals surface area (Å²) in [6.07, 6.45) is 0.994. The van der Waals surface area contributed by atoms with Crippen LogP contribution in [0.25, 0.3) is 11.1 Å². The predicted octanol–water partition coefficient (Wildman–Crippen LogP) is 3.01. The van der Waals surface area contributed by atoms with Crippen molar-refractivity contribution in [2.24, 2.45) is 5.73 Å². The highest BCUT2D eigenvalue weighted by Crippen LogP contribution is 2.24. The van der Waals surface area contributed by atoms with Crippen LogP contribution < -0.4 is 5.73 Å². The minimum absolute atomic E-state index is 0.389. The molecule has 2 nitrogen and oxygen atoms in total. The van der Waals surface area contributed by atoms with Gasteiger partial charge in [0.1, 0.15) is 0 Å². The molecule has 0 aromatic heterocycles. The molecule has 2 N–H and O–H groups in total. The summed E-state index contributed by atoms with van der Waals surface area (Å²) in [6, 6.07) is 15.7. The normalized spacial score (nSPS) is 10.2. The van der Waals surface area contributed by atoms with Crippen LogP contribution in [0.15, 0.2) is 48.5 Å². The lowest BCUT2D eigenvalue weighted by Gasteiger charge is -2.08. The molecule has 0 fully saturated rings. The van der Waals surface area contributed by atoms with E-state index < -0.39 is 0 Å². The highest BCUT2D eigenvalue weighted by molar-refractivity contribution is 5.93. The highest BCUT2D eigenvalue weighted by atomic mass is 16.1. The summed E-state index contributed by atoms with van der Waals surface area (Å²) in [5.74, 6) is -0.389. The fraction of sp³-hybridized carbons (Fsp3) is 0.133. The van der Waals surface area contributed by atoms with Gasteiger partial charge in [0.05, 0.1) is 0 Å². The summed E-state index contributed by atoms with van der Waals surface area (Å²) in [5.41, 5.74) is 9.40. The first-order valence-electron chi connectivity index (χ1n) is 5.70. The number of benzene rings is 2. The van der Waals surface area contributed by atoms with Gasteiger partial charge in [0.2, 0.25) is 5.91 Å². The molecule has 17 heavy (non-hydrogen) atoms. The molecular formula is C15H15NO. The Morgan fingerprint density at radius 3 is 2.29 bits per heavy atom. The van der Waals surface area contributed by atoms with E-state index in [2.05, 4.69) is 19.1 Å². The van der Waals surface area contributed by atoms with Crippen molar-refractivity contribution in [3.63, 3.8) is 0 Å². The lowest BCUT2D eigenvalue weighted by Crippen LogP contribution is -2.10. The minimum Gasteiger partial charge on any atom is -0.366 e. The minimum atomic E-state index is -0.389. The first kappa shape index (κ1) is 11.4. The van der Waals surface area contributed by atoms with E-state index in [-0.39, 0.29) is 5.91 Å². The molecule has 0 aliphatic rings. The topological polar surface area (TPSA) is 43.1 Å². The maximum atomic E-state index is 11.0. The molecule has 1 amide bonds. The van der Waals surface area contributed by atoms with Gasteiger partial charge in [-0.15, -0.1) is 0 Å². The van der Waals surface area contributed by atoms with Gasteiger partial charge in [-0.1, -0.05) is 43.3 Å². The van der Waals surface area contributed by atoms with Gasteiger partial charge in [0, 0.05) is 5.56 Å². The van der Waals surface area contributed by atoms with Crippen molar-refractivity contribution in [1.82, 2.24) is 0 Å². The van der Waals surface area contributed by atoms with Gasteiger partial charge < -0.3 is 5.73 Å². The van der Waals surface area contributed by atoms with Crippen LogP contribution in [0.5, 0.6) is 0 Å². The number of carbonyl (C=O) groups is 1. The summed E-state index contributed by atoms with van der Waals surface area (Å²) in [4.78, 5) is 11.0. The number of aryl methyl sites for hydroxylation is 1. The number of primary amides is 1. The lowest BCUT2D eigenvalue weighted by atomic mass is 9.97. The van der Waals surface area contributed by atoms with E-state index in [9.17, 15) is 4.79 Å². The second-order valence-electron chi connectivity index (χ2n) is 3.95. The molecule has 0 saturated carbocycles. The van der Waals surface area contributed by atoms with Crippen LogP contribution in [0.4, 0.5) is 0 Å². The largest absolute Gasteiger partial charge is 0.366 e. The van der Waals surface area contributed by atoms with E-state index >= 15 is 0 Å². The van der Waals surface area contributed by atoms with Crippen LogP contribution >= 0.6 is 0 Å². The number of amides is 1. The molecule has 2 aromatic rings. The van der Waals surface area contributed by atoms with E-state index in [1.807, 2.05) is 24.3 Å². The molecule has 86 valence electrons. The number of carbonyl (C=O) groups excluding carboxylic acids is 1. The molecule has 0 aliphatic carbocycles. The van der Waals surface area contributed by atoms with Gasteiger partial charge in [-0.3, -0.25) is 4.79 Å². The molecule has 0 radical (unpaired) electrons. The molecule has 0 heterocycles. The zero-order chi connectivity index (χ0) is 12.3. The quantitative estimate of drug-likeness (QED) is 0.857. The Labute approximate surface area is 101 Å². The summed E-state index contributed by atoms with van der Waals surface area (Å²) >= 11 is 0. The first-order valence-corrected chi connectivity index (χ1v) is 5.70. The van der Waals surface area contributed by atoms with Crippen molar-refractivity contribution in [2.45, 2.75) is 13.3 Å². The van der Waals surface area contributed by atoms with Crippen molar-refractivity contribution in [3.8, 4) is 11.1 Å². The van der Waals surface area contributed by atoms with Gasteiger partial charge in [-0.05, 0) is 35.2 Å². The van der Waals surface area contributed by atoms with Crippen molar-refractivity contribution in [2.75, 3.05) is 0 Å². The number of hydrogen-bond donors (Lipinski definition) is 1. The SMILES string of the molecule is CCc1ccccc1-c1ccc(C(N)=O)cc1. The highest BCUT2D eigenvalue weighted by Gasteiger charge is 2.04. The van der Waals surface area contributed by atoms with Crippen LogP contribution in [0.1, 0.15) is 22.8 Å². The fourth-order valence-electron chi connectivity index (χ4n) is 1.92. The van der Waals surface area contributed by atoms with E-state index in [0.29, 0.717) is 5.56 Å². The summed E-state index contributed by atoms with van der Waals surface area (Å²) in [5, 5.41) is 0. The molecule has 0 atom stereocenters. The average molecular weight is 225 g/mol. The summed E-state index contributed by atoms with van der Waals surface area (Å²) in [6.45, 7) is 2.14. The van der Waals surface area contributed by atoms with Gasteiger partial charge in [0.25, 0.3) is 0 Å². The molecule has 0 aliphatic heterocycles. The van der Waals surface area contributed by atoms with Crippen LogP contribution in [0.2, 0.25) is 0 Å². The molecule has 0 spiro atoms.